The van der Waals surface area contributed by atoms with Crippen LogP contribution < -0.4 is 68.9 Å². The van der Waals surface area contributed by atoms with Crippen LogP contribution in [0.1, 0.15) is 66.7 Å². The number of hydrogen-bond donors (Lipinski definition) is 0. The quantitative estimate of drug-likeness (QED) is 0.163. The second kappa shape index (κ2) is 17.7. The van der Waals surface area contributed by atoms with Crippen molar-refractivity contribution in [3.63, 3.8) is 0 Å². The molecule has 0 radical (unpaired) electrons. The summed E-state index contributed by atoms with van der Waals surface area (Å²) in [6.07, 6.45) is 9.57. The summed E-state index contributed by atoms with van der Waals surface area (Å²) in [5.41, 5.74) is 1.95. The van der Waals surface area contributed by atoms with Crippen LogP contribution in [-0.2, 0) is 14.1 Å². The normalized spacial score (nSPS) is 13.1. The first kappa shape index (κ1) is 32.5. The summed E-state index contributed by atoms with van der Waals surface area (Å²) in [5.74, 6) is -0.963. The molecule has 0 saturated carbocycles. The van der Waals surface area contributed by atoms with E-state index in [2.05, 4.69) is 37.7 Å². The Morgan fingerprint density at radius 1 is 0.963 bits per heavy atom. The van der Waals surface area contributed by atoms with Gasteiger partial charge in [0.05, 0.1) is 12.3 Å². The molecule has 0 aliphatic carbocycles. The molecule has 144 valence electrons. The molecule has 0 aromatic rings. The largest absolute Gasteiger partial charge is 1.00 e. The molecule has 0 fully saturated rings. The molecule has 0 rings (SSSR count). The predicted molar refractivity (Wildman–Crippen MR) is 98.1 cm³/mol. The summed E-state index contributed by atoms with van der Waals surface area (Å²) in [4.78, 5) is 34.1. The Morgan fingerprint density at radius 2 is 1.44 bits per heavy atom. The van der Waals surface area contributed by atoms with E-state index in [4.69, 9.17) is 0 Å². The number of esters is 1. The van der Waals surface area contributed by atoms with E-state index in [9.17, 15) is 19.1 Å². The van der Waals surface area contributed by atoms with Gasteiger partial charge in [0.1, 0.15) is 0 Å². The van der Waals surface area contributed by atoms with Gasteiger partial charge in [-0.25, -0.2) is 0 Å². The Bertz CT molecular complexity index is 560. The van der Waals surface area contributed by atoms with Crippen LogP contribution in [0.25, 0.3) is 0 Å². The molecule has 0 spiro atoms. The summed E-state index contributed by atoms with van der Waals surface area (Å²) in [6, 6.07) is 0. The Kier molecular flexibility index (Phi) is 21.3. The fraction of sp³-hybridized carbons (Fsp3) is 0.632. The number of carbonyl (C=O) groups excluding carboxylic acids is 1. The summed E-state index contributed by atoms with van der Waals surface area (Å²) < 4.78 is 15.9. The third kappa shape index (κ3) is 17.4. The van der Waals surface area contributed by atoms with Gasteiger partial charge in [-0.3, -0.25) is 4.79 Å². The van der Waals surface area contributed by atoms with Crippen molar-refractivity contribution < 1.29 is 83.0 Å². The third-order valence-corrected chi connectivity index (χ3v) is 4.94. The van der Waals surface area contributed by atoms with Crippen molar-refractivity contribution in [3.05, 3.63) is 34.9 Å². The first-order valence-electron chi connectivity index (χ1n) is 8.70. The topological polar surface area (TPSA) is 89.5 Å². The van der Waals surface area contributed by atoms with Crippen LogP contribution in [-0.4, -0.2) is 18.2 Å². The van der Waals surface area contributed by atoms with Gasteiger partial charge >= 0.3 is 65.1 Å². The zero-order valence-electron chi connectivity index (χ0n) is 18.0. The molecule has 1 atom stereocenters. The molecule has 0 aliphatic rings. The second-order valence-electron chi connectivity index (χ2n) is 6.50. The maximum atomic E-state index is 11.6. The minimum absolute atomic E-state index is 0. The van der Waals surface area contributed by atoms with E-state index in [0.717, 1.165) is 31.3 Å². The van der Waals surface area contributed by atoms with E-state index in [1.807, 2.05) is 6.92 Å². The molecule has 0 amide bonds. The Hall–Kier alpha value is 0.840. The van der Waals surface area contributed by atoms with Crippen LogP contribution in [0.2, 0.25) is 0 Å². The second-order valence-corrected chi connectivity index (χ2v) is 8.21. The number of hydrogen-bond acceptors (Lipinski definition) is 5. The average Bonchev–Trinajstić information content (AvgIpc) is 2.45. The minimum Gasteiger partial charge on any atom is -0.810 e. The number of carbonyl (C=O) groups is 1. The molecular weight excluding hydrogens is 385 g/mol. The fourth-order valence-electron chi connectivity index (χ4n) is 2.24. The van der Waals surface area contributed by atoms with Gasteiger partial charge in [0.2, 0.25) is 0 Å². The first-order chi connectivity index (χ1) is 11.6. The SMILES string of the molecule is CCOC(=O)C(C/C=C(\C)CC/C=C(\C)CCC=C(C)C)P(=O)([O-])[O-].[Na+].[Na+]. The Balaban J connectivity index is -0.00000288. The van der Waals surface area contributed by atoms with Crippen molar-refractivity contribution in [3.8, 4) is 0 Å². The van der Waals surface area contributed by atoms with Crippen molar-refractivity contribution >= 4 is 13.6 Å². The number of allylic oxidation sites excluding steroid dienone is 6. The van der Waals surface area contributed by atoms with Gasteiger partial charge in [-0.15, -0.1) is 0 Å². The van der Waals surface area contributed by atoms with Crippen LogP contribution in [0.15, 0.2) is 34.9 Å². The molecule has 5 nitrogen and oxygen atoms in total. The first-order valence-corrected chi connectivity index (χ1v) is 10.3. The molecular formula is C19H31Na2O5P. The van der Waals surface area contributed by atoms with Gasteiger partial charge in [0, 0.05) is 0 Å². The standard InChI is InChI=1S/C19H33O5P.2Na/c1-6-24-19(20)18(25(21,22)23)14-13-17(5)12-8-11-16(4)10-7-9-15(2)3;;/h9,11,13,18H,6-8,10,12,14H2,1-5H3,(H2,21,22,23);;/q;2*+1/p-2/b16-11+,17-13+;;. The van der Waals surface area contributed by atoms with E-state index in [1.54, 1.807) is 13.0 Å². The van der Waals surface area contributed by atoms with Gasteiger partial charge in [-0.1, -0.05) is 42.5 Å². The minimum atomic E-state index is -5.02. The van der Waals surface area contributed by atoms with E-state index < -0.39 is 19.2 Å². The smallest absolute Gasteiger partial charge is 0.810 e. The van der Waals surface area contributed by atoms with Gasteiger partial charge in [0.25, 0.3) is 0 Å². The van der Waals surface area contributed by atoms with E-state index in [1.165, 1.54) is 11.1 Å². The molecule has 0 N–H and O–H groups in total. The maximum Gasteiger partial charge on any atom is 1.00 e. The van der Waals surface area contributed by atoms with Crippen LogP contribution in [0.3, 0.4) is 0 Å². The summed E-state index contributed by atoms with van der Waals surface area (Å²) >= 11 is 0. The van der Waals surface area contributed by atoms with Crippen molar-refractivity contribution in [2.24, 2.45) is 0 Å². The summed E-state index contributed by atoms with van der Waals surface area (Å²) in [7, 11) is -5.02. The van der Waals surface area contributed by atoms with Crippen molar-refractivity contribution in [2.45, 2.75) is 72.4 Å². The van der Waals surface area contributed by atoms with Gasteiger partial charge in [0.15, 0.2) is 0 Å². The third-order valence-electron chi connectivity index (χ3n) is 3.75. The van der Waals surface area contributed by atoms with Crippen LogP contribution in [0, 0.1) is 0 Å². The van der Waals surface area contributed by atoms with E-state index in [-0.39, 0.29) is 72.1 Å². The molecule has 0 aromatic heterocycles. The predicted octanol–water partition coefficient (Wildman–Crippen LogP) is -2.35. The molecule has 27 heavy (non-hydrogen) atoms. The zero-order valence-corrected chi connectivity index (χ0v) is 22.9. The summed E-state index contributed by atoms with van der Waals surface area (Å²) in [5, 5.41) is 0. The van der Waals surface area contributed by atoms with Crippen LogP contribution in [0.5, 0.6) is 0 Å². The maximum absolute atomic E-state index is 11.6. The Labute approximate surface area is 208 Å². The summed E-state index contributed by atoms with van der Waals surface area (Å²) in [6.45, 7) is 9.76. The zero-order chi connectivity index (χ0) is 19.5. The fourth-order valence-corrected chi connectivity index (χ4v) is 2.94. The van der Waals surface area contributed by atoms with Crippen molar-refractivity contribution in [2.75, 3.05) is 6.61 Å². The number of ether oxygens (including phenoxy) is 1. The molecule has 0 heterocycles. The molecule has 1 unspecified atom stereocenters. The molecule has 0 aliphatic heterocycles. The molecule has 8 heteroatoms. The van der Waals surface area contributed by atoms with Gasteiger partial charge < -0.3 is 19.1 Å². The monoisotopic (exact) mass is 416 g/mol. The molecule has 0 bridgehead atoms. The molecule has 0 saturated heterocycles. The number of rotatable bonds is 11. The van der Waals surface area contributed by atoms with Gasteiger partial charge in [-0.05, 0) is 66.7 Å². The van der Waals surface area contributed by atoms with Crippen LogP contribution in [0.4, 0.5) is 0 Å². The van der Waals surface area contributed by atoms with Crippen LogP contribution >= 0.6 is 7.60 Å². The van der Waals surface area contributed by atoms with Crippen molar-refractivity contribution in [1.82, 2.24) is 0 Å². The Morgan fingerprint density at radius 3 is 1.89 bits per heavy atom. The van der Waals surface area contributed by atoms with Crippen molar-refractivity contribution in [1.29, 1.82) is 0 Å². The van der Waals surface area contributed by atoms with Gasteiger partial charge in [-0.2, -0.15) is 0 Å². The van der Waals surface area contributed by atoms with E-state index in [0.29, 0.717) is 0 Å². The van der Waals surface area contributed by atoms with E-state index >= 15 is 0 Å². The molecule has 0 aromatic carbocycles. The average molecular weight is 416 g/mol.